The molecule has 0 unspecified atom stereocenters. The molecule has 0 bridgehead atoms. The lowest BCUT2D eigenvalue weighted by molar-refractivity contribution is -0.387. The van der Waals surface area contributed by atoms with Crippen LogP contribution in [0.4, 0.5) is 14.9 Å². The van der Waals surface area contributed by atoms with Crippen LogP contribution in [-0.4, -0.2) is 40.3 Å². The standard InChI is InChI=1S/C11H10FN3O4/c1-13-6-9(16)14(11(13)17)5-7-3-2-4-8(10(7)12)15(18)19/h2-4H,5-6H2,1H3. The van der Waals surface area contributed by atoms with Gasteiger partial charge >= 0.3 is 11.7 Å². The lowest BCUT2D eigenvalue weighted by atomic mass is 10.1. The van der Waals surface area contributed by atoms with Crippen LogP contribution in [0.3, 0.4) is 0 Å². The fourth-order valence-corrected chi connectivity index (χ4v) is 1.82. The number of amides is 3. The van der Waals surface area contributed by atoms with Crippen LogP contribution in [0.2, 0.25) is 0 Å². The molecule has 0 spiro atoms. The van der Waals surface area contributed by atoms with Crippen LogP contribution in [0.1, 0.15) is 5.56 Å². The van der Waals surface area contributed by atoms with E-state index >= 15 is 0 Å². The van der Waals surface area contributed by atoms with Gasteiger partial charge in [0, 0.05) is 18.7 Å². The van der Waals surface area contributed by atoms with Crippen LogP contribution in [0, 0.1) is 15.9 Å². The third-order valence-corrected chi connectivity index (χ3v) is 2.81. The van der Waals surface area contributed by atoms with E-state index in [0.717, 1.165) is 11.0 Å². The summed E-state index contributed by atoms with van der Waals surface area (Å²) >= 11 is 0. The summed E-state index contributed by atoms with van der Waals surface area (Å²) in [5, 5.41) is 10.6. The van der Waals surface area contributed by atoms with Crippen molar-refractivity contribution in [3.05, 3.63) is 39.7 Å². The molecule has 8 heteroatoms. The Morgan fingerprint density at radius 2 is 2.11 bits per heavy atom. The lowest BCUT2D eigenvalue weighted by Gasteiger charge is -2.14. The van der Waals surface area contributed by atoms with Gasteiger partial charge in [-0.3, -0.25) is 19.8 Å². The quantitative estimate of drug-likeness (QED) is 0.467. The van der Waals surface area contributed by atoms with Gasteiger partial charge in [0.15, 0.2) is 0 Å². The second-order valence-electron chi connectivity index (χ2n) is 4.13. The minimum absolute atomic E-state index is 0.0637. The summed E-state index contributed by atoms with van der Waals surface area (Å²) in [5.41, 5.74) is -0.740. The van der Waals surface area contributed by atoms with Crippen LogP contribution in [-0.2, 0) is 11.3 Å². The van der Waals surface area contributed by atoms with Gasteiger partial charge in [0.2, 0.25) is 5.82 Å². The first kappa shape index (κ1) is 12.9. The highest BCUT2D eigenvalue weighted by Crippen LogP contribution is 2.22. The van der Waals surface area contributed by atoms with E-state index in [4.69, 9.17) is 0 Å². The first-order valence-electron chi connectivity index (χ1n) is 5.39. The zero-order chi connectivity index (χ0) is 14.2. The van der Waals surface area contributed by atoms with E-state index in [-0.39, 0.29) is 18.7 Å². The molecule has 1 saturated heterocycles. The van der Waals surface area contributed by atoms with Crippen molar-refractivity contribution in [2.24, 2.45) is 0 Å². The second kappa shape index (κ2) is 4.63. The highest BCUT2D eigenvalue weighted by molar-refractivity contribution is 6.01. The van der Waals surface area contributed by atoms with Gasteiger partial charge in [-0.2, -0.15) is 4.39 Å². The zero-order valence-electron chi connectivity index (χ0n) is 10.00. The molecule has 1 aliphatic heterocycles. The Balaban J connectivity index is 2.30. The molecule has 0 radical (unpaired) electrons. The molecule has 1 aromatic carbocycles. The maximum atomic E-state index is 13.8. The number of urea groups is 1. The van der Waals surface area contributed by atoms with Crippen molar-refractivity contribution < 1.29 is 18.9 Å². The van der Waals surface area contributed by atoms with Crippen molar-refractivity contribution in [1.29, 1.82) is 0 Å². The molecule has 0 aliphatic carbocycles. The summed E-state index contributed by atoms with van der Waals surface area (Å²) < 4.78 is 13.8. The van der Waals surface area contributed by atoms with Crippen LogP contribution >= 0.6 is 0 Å². The predicted octanol–water partition coefficient (Wildman–Crippen LogP) is 1.13. The summed E-state index contributed by atoms with van der Waals surface area (Å²) in [4.78, 5) is 35.0. The first-order chi connectivity index (χ1) is 8.91. The van der Waals surface area contributed by atoms with Crippen molar-refractivity contribution in [2.45, 2.75) is 6.54 Å². The fraction of sp³-hybridized carbons (Fsp3) is 0.273. The Labute approximate surface area is 107 Å². The molecule has 0 atom stereocenters. The molecule has 3 amide bonds. The van der Waals surface area contributed by atoms with E-state index in [1.807, 2.05) is 0 Å². The highest BCUT2D eigenvalue weighted by Gasteiger charge is 2.34. The van der Waals surface area contributed by atoms with E-state index in [0.29, 0.717) is 0 Å². The summed E-state index contributed by atoms with van der Waals surface area (Å²) in [7, 11) is 1.45. The molecule has 19 heavy (non-hydrogen) atoms. The van der Waals surface area contributed by atoms with Gasteiger partial charge in [-0.1, -0.05) is 12.1 Å². The minimum Gasteiger partial charge on any atom is -0.318 e. The van der Waals surface area contributed by atoms with Gasteiger partial charge in [0.1, 0.15) is 6.54 Å². The third kappa shape index (κ3) is 2.24. The van der Waals surface area contributed by atoms with Gasteiger partial charge in [0.05, 0.1) is 11.5 Å². The van der Waals surface area contributed by atoms with Gasteiger partial charge in [-0.05, 0) is 0 Å². The molecule has 1 aliphatic rings. The number of hydrogen-bond donors (Lipinski definition) is 0. The molecule has 100 valence electrons. The first-order valence-corrected chi connectivity index (χ1v) is 5.39. The number of halogens is 1. The van der Waals surface area contributed by atoms with Gasteiger partial charge < -0.3 is 4.90 Å². The van der Waals surface area contributed by atoms with E-state index in [1.165, 1.54) is 24.1 Å². The summed E-state index contributed by atoms with van der Waals surface area (Å²) in [6, 6.07) is 3.10. The van der Waals surface area contributed by atoms with Gasteiger partial charge in [-0.25, -0.2) is 4.79 Å². The Hall–Kier alpha value is -2.51. The molecule has 0 aromatic heterocycles. The largest absolute Gasteiger partial charge is 0.327 e. The molecule has 0 saturated carbocycles. The number of nitro benzene ring substituents is 1. The normalized spacial score (nSPS) is 15.3. The smallest absolute Gasteiger partial charge is 0.318 e. The van der Waals surface area contributed by atoms with Crippen molar-refractivity contribution >= 4 is 17.6 Å². The van der Waals surface area contributed by atoms with E-state index in [9.17, 15) is 24.1 Å². The lowest BCUT2D eigenvalue weighted by Crippen LogP contribution is -2.31. The SMILES string of the molecule is CN1CC(=O)N(Cc2cccc([N+](=O)[O-])c2F)C1=O. The fourth-order valence-electron chi connectivity index (χ4n) is 1.82. The molecule has 1 fully saturated rings. The van der Waals surface area contributed by atoms with Crippen molar-refractivity contribution in [3.63, 3.8) is 0 Å². The van der Waals surface area contributed by atoms with Gasteiger partial charge in [-0.15, -0.1) is 0 Å². The summed E-state index contributed by atoms with van der Waals surface area (Å²) in [6.07, 6.45) is 0. The van der Waals surface area contributed by atoms with Crippen LogP contribution in [0.5, 0.6) is 0 Å². The topological polar surface area (TPSA) is 83.8 Å². The van der Waals surface area contributed by atoms with E-state index < -0.39 is 28.4 Å². The maximum Gasteiger partial charge on any atom is 0.327 e. The van der Waals surface area contributed by atoms with Crippen molar-refractivity contribution in [2.75, 3.05) is 13.6 Å². The molecule has 0 N–H and O–H groups in total. The number of nitrogens with zero attached hydrogens (tertiary/aromatic N) is 3. The number of imide groups is 1. The van der Waals surface area contributed by atoms with Crippen LogP contribution < -0.4 is 0 Å². The molecular formula is C11H10FN3O4. The Morgan fingerprint density at radius 3 is 2.63 bits per heavy atom. The zero-order valence-corrected chi connectivity index (χ0v) is 10.00. The van der Waals surface area contributed by atoms with Crippen LogP contribution in [0.25, 0.3) is 0 Å². The minimum atomic E-state index is -1.03. The maximum absolute atomic E-state index is 13.8. The molecule has 7 nitrogen and oxygen atoms in total. The number of rotatable bonds is 3. The molecule has 1 heterocycles. The Bertz CT molecular complexity index is 575. The number of hydrogen-bond acceptors (Lipinski definition) is 4. The second-order valence-corrected chi connectivity index (χ2v) is 4.13. The number of carbonyl (C=O) groups is 2. The average Bonchev–Trinajstić information content (AvgIpc) is 2.58. The predicted molar refractivity (Wildman–Crippen MR) is 61.6 cm³/mol. The number of nitro groups is 1. The van der Waals surface area contributed by atoms with E-state index in [1.54, 1.807) is 0 Å². The summed E-state index contributed by atoms with van der Waals surface area (Å²) in [5.74, 6) is -1.49. The van der Waals surface area contributed by atoms with Crippen molar-refractivity contribution in [1.82, 2.24) is 9.80 Å². The van der Waals surface area contributed by atoms with Crippen molar-refractivity contribution in [3.8, 4) is 0 Å². The summed E-state index contributed by atoms with van der Waals surface area (Å²) in [6.45, 7) is -0.384. The number of benzene rings is 1. The van der Waals surface area contributed by atoms with E-state index in [2.05, 4.69) is 0 Å². The highest BCUT2D eigenvalue weighted by atomic mass is 19.1. The Morgan fingerprint density at radius 1 is 1.42 bits per heavy atom. The van der Waals surface area contributed by atoms with Crippen LogP contribution in [0.15, 0.2) is 18.2 Å². The Kier molecular flexibility index (Phi) is 3.16. The molecule has 1 aromatic rings. The number of carbonyl (C=O) groups excluding carboxylic acids is 2. The molecule has 2 rings (SSSR count). The average molecular weight is 267 g/mol. The monoisotopic (exact) mass is 267 g/mol. The number of likely N-dealkylation sites (N-methyl/N-ethyl adjacent to an activating group) is 1. The van der Waals surface area contributed by atoms with Gasteiger partial charge in [0.25, 0.3) is 5.91 Å². The molecular weight excluding hydrogens is 257 g/mol. The third-order valence-electron chi connectivity index (χ3n) is 2.81.